The Balaban J connectivity index is 2.76. The van der Waals surface area contributed by atoms with E-state index in [4.69, 9.17) is 5.11 Å². The molecule has 1 atom stereocenters. The van der Waals surface area contributed by atoms with Gasteiger partial charge >= 0.3 is 12.1 Å². The Kier molecular flexibility index (Phi) is 4.10. The number of hydrogen-bond donors (Lipinski definition) is 1. The highest BCUT2D eigenvalue weighted by molar-refractivity contribution is 5.71. The van der Waals surface area contributed by atoms with Gasteiger partial charge in [0.1, 0.15) is 24.0 Å². The fourth-order valence-corrected chi connectivity index (χ4v) is 1.10. The highest BCUT2D eigenvalue weighted by atomic mass is 19.4. The minimum atomic E-state index is -5.00. The molecule has 8 heteroatoms. The summed E-state index contributed by atoms with van der Waals surface area (Å²) >= 11 is 0. The molecule has 0 spiro atoms. The number of halogens is 5. The molecule has 0 aromatic heterocycles. The molecule has 0 radical (unpaired) electrons. The van der Waals surface area contributed by atoms with Crippen LogP contribution in [0.15, 0.2) is 18.2 Å². The number of rotatable bonds is 4. The van der Waals surface area contributed by atoms with Crippen molar-refractivity contribution >= 4 is 5.97 Å². The highest BCUT2D eigenvalue weighted by Crippen LogP contribution is 2.27. The van der Waals surface area contributed by atoms with Gasteiger partial charge in [-0.15, -0.1) is 0 Å². The fraction of sp³-hybridized carbons (Fsp3) is 0.300. The lowest BCUT2D eigenvalue weighted by Gasteiger charge is -2.16. The number of carbonyl (C=O) groups is 1. The molecule has 1 unspecified atom stereocenters. The predicted octanol–water partition coefficient (Wildman–Crippen LogP) is 2.61. The normalized spacial score (nSPS) is 13.2. The maximum Gasteiger partial charge on any atom is 0.405 e. The van der Waals surface area contributed by atoms with Crippen molar-refractivity contribution in [2.45, 2.75) is 6.18 Å². The molecule has 1 aromatic rings. The summed E-state index contributed by atoms with van der Waals surface area (Å²) in [4.78, 5) is 10.4. The van der Waals surface area contributed by atoms with Gasteiger partial charge in [0, 0.05) is 18.2 Å². The lowest BCUT2D eigenvalue weighted by atomic mass is 10.1. The first-order chi connectivity index (χ1) is 8.20. The van der Waals surface area contributed by atoms with Gasteiger partial charge in [-0.3, -0.25) is 4.79 Å². The molecule has 3 nitrogen and oxygen atoms in total. The quantitative estimate of drug-likeness (QED) is 0.855. The van der Waals surface area contributed by atoms with Gasteiger partial charge in [-0.25, -0.2) is 8.78 Å². The van der Waals surface area contributed by atoms with E-state index < -0.39 is 42.1 Å². The van der Waals surface area contributed by atoms with E-state index in [1.807, 2.05) is 0 Å². The summed E-state index contributed by atoms with van der Waals surface area (Å²) < 4.78 is 66.5. The molecule has 0 heterocycles. The predicted molar refractivity (Wildman–Crippen MR) is 49.0 cm³/mol. The summed E-state index contributed by atoms with van der Waals surface area (Å²) in [6.07, 6.45) is -5.00. The summed E-state index contributed by atoms with van der Waals surface area (Å²) in [5, 5.41) is 8.35. The second kappa shape index (κ2) is 5.19. The van der Waals surface area contributed by atoms with Crippen molar-refractivity contribution < 1.29 is 36.6 Å². The van der Waals surface area contributed by atoms with Gasteiger partial charge in [0.25, 0.3) is 0 Å². The topological polar surface area (TPSA) is 46.5 Å². The lowest BCUT2D eigenvalue weighted by Crippen LogP contribution is -2.35. The van der Waals surface area contributed by atoms with Crippen molar-refractivity contribution in [3.8, 4) is 5.75 Å². The standard InChI is InChI=1S/C10H7F5O3/c11-5-1-6(12)3-7(2-5)18-4-8(9(16)17)10(13,14)15/h1-3,8H,4H2,(H,16,17). The van der Waals surface area contributed by atoms with Crippen LogP contribution in [0.2, 0.25) is 0 Å². The van der Waals surface area contributed by atoms with Crippen molar-refractivity contribution in [1.82, 2.24) is 0 Å². The van der Waals surface area contributed by atoms with Crippen LogP contribution in [0.5, 0.6) is 5.75 Å². The number of carboxylic acids is 1. The van der Waals surface area contributed by atoms with E-state index in [9.17, 15) is 26.7 Å². The van der Waals surface area contributed by atoms with Gasteiger partial charge in [-0.05, 0) is 0 Å². The van der Waals surface area contributed by atoms with Gasteiger partial charge < -0.3 is 9.84 Å². The van der Waals surface area contributed by atoms with E-state index in [1.54, 1.807) is 0 Å². The summed E-state index contributed by atoms with van der Waals surface area (Å²) in [6.45, 7) is -1.26. The molecule has 1 aromatic carbocycles. The minimum absolute atomic E-state index is 0.505. The SMILES string of the molecule is O=C(O)C(COc1cc(F)cc(F)c1)C(F)(F)F. The van der Waals surface area contributed by atoms with Crippen LogP contribution < -0.4 is 4.74 Å². The Morgan fingerprint density at radius 1 is 1.22 bits per heavy atom. The van der Waals surface area contributed by atoms with Crippen LogP contribution in [0.25, 0.3) is 0 Å². The van der Waals surface area contributed by atoms with Gasteiger partial charge in [0.2, 0.25) is 0 Å². The number of hydrogen-bond acceptors (Lipinski definition) is 2. The summed E-state index contributed by atoms with van der Waals surface area (Å²) in [5.74, 6) is -7.47. The van der Waals surface area contributed by atoms with E-state index in [0.29, 0.717) is 18.2 Å². The Bertz CT molecular complexity index is 423. The Labute approximate surface area is 97.8 Å². The van der Waals surface area contributed by atoms with E-state index in [0.717, 1.165) is 0 Å². The van der Waals surface area contributed by atoms with E-state index >= 15 is 0 Å². The van der Waals surface area contributed by atoms with Gasteiger partial charge in [0.15, 0.2) is 5.92 Å². The third kappa shape index (κ3) is 3.86. The fourth-order valence-electron chi connectivity index (χ4n) is 1.10. The zero-order valence-corrected chi connectivity index (χ0v) is 8.67. The summed E-state index contributed by atoms with van der Waals surface area (Å²) in [6, 6.07) is 1.81. The molecule has 100 valence electrons. The van der Waals surface area contributed by atoms with Crippen LogP contribution in [-0.4, -0.2) is 23.9 Å². The average Bonchev–Trinajstić information content (AvgIpc) is 2.12. The second-order valence-corrected chi connectivity index (χ2v) is 3.35. The number of aliphatic carboxylic acids is 1. The molecule has 0 aliphatic rings. The Morgan fingerprint density at radius 2 is 1.72 bits per heavy atom. The van der Waals surface area contributed by atoms with E-state index in [-0.39, 0.29) is 0 Å². The maximum absolute atomic E-state index is 12.7. The zero-order chi connectivity index (χ0) is 13.9. The third-order valence-corrected chi connectivity index (χ3v) is 1.95. The smallest absolute Gasteiger partial charge is 0.405 e. The molecule has 18 heavy (non-hydrogen) atoms. The molecule has 1 N–H and O–H groups in total. The number of alkyl halides is 3. The van der Waals surface area contributed by atoms with Crippen molar-refractivity contribution in [3.63, 3.8) is 0 Å². The zero-order valence-electron chi connectivity index (χ0n) is 8.67. The first-order valence-electron chi connectivity index (χ1n) is 4.58. The van der Waals surface area contributed by atoms with Crippen LogP contribution in [0.4, 0.5) is 22.0 Å². The van der Waals surface area contributed by atoms with Crippen LogP contribution in [0, 0.1) is 17.6 Å². The first kappa shape index (κ1) is 14.2. The molecular formula is C10H7F5O3. The van der Waals surface area contributed by atoms with Crippen LogP contribution in [-0.2, 0) is 4.79 Å². The molecule has 0 aliphatic carbocycles. The largest absolute Gasteiger partial charge is 0.492 e. The maximum atomic E-state index is 12.7. The molecule has 0 saturated heterocycles. The van der Waals surface area contributed by atoms with E-state index in [1.165, 1.54) is 0 Å². The highest BCUT2D eigenvalue weighted by Gasteiger charge is 2.45. The van der Waals surface area contributed by atoms with Gasteiger partial charge in [-0.1, -0.05) is 0 Å². The third-order valence-electron chi connectivity index (χ3n) is 1.95. The number of carboxylic acid groups (broad SMARTS) is 1. The number of benzene rings is 1. The van der Waals surface area contributed by atoms with Crippen molar-refractivity contribution in [2.75, 3.05) is 6.61 Å². The summed E-state index contributed by atoms with van der Waals surface area (Å²) in [7, 11) is 0. The van der Waals surface area contributed by atoms with Crippen molar-refractivity contribution in [1.29, 1.82) is 0 Å². The molecule has 0 saturated carbocycles. The Hall–Kier alpha value is -1.86. The van der Waals surface area contributed by atoms with Crippen molar-refractivity contribution in [3.05, 3.63) is 29.8 Å². The minimum Gasteiger partial charge on any atom is -0.492 e. The molecule has 0 fully saturated rings. The van der Waals surface area contributed by atoms with Crippen LogP contribution >= 0.6 is 0 Å². The number of ether oxygens (including phenoxy) is 1. The van der Waals surface area contributed by atoms with Crippen LogP contribution in [0.1, 0.15) is 0 Å². The molecule has 0 amide bonds. The van der Waals surface area contributed by atoms with Crippen LogP contribution in [0.3, 0.4) is 0 Å². The average molecular weight is 270 g/mol. The first-order valence-corrected chi connectivity index (χ1v) is 4.58. The van der Waals surface area contributed by atoms with Crippen molar-refractivity contribution in [2.24, 2.45) is 5.92 Å². The molecule has 0 bridgehead atoms. The Morgan fingerprint density at radius 3 is 2.11 bits per heavy atom. The summed E-state index contributed by atoms with van der Waals surface area (Å²) in [5.41, 5.74) is 0. The monoisotopic (exact) mass is 270 g/mol. The molecule has 0 aliphatic heterocycles. The molecular weight excluding hydrogens is 263 g/mol. The van der Waals surface area contributed by atoms with Gasteiger partial charge in [-0.2, -0.15) is 13.2 Å². The second-order valence-electron chi connectivity index (χ2n) is 3.35. The molecule has 1 rings (SSSR count). The van der Waals surface area contributed by atoms with E-state index in [2.05, 4.69) is 4.74 Å². The lowest BCUT2D eigenvalue weighted by molar-refractivity contribution is -0.198. The van der Waals surface area contributed by atoms with Gasteiger partial charge in [0.05, 0.1) is 0 Å².